The molecule has 3 nitrogen and oxygen atoms in total. The molecule has 2 heterocycles. The Kier molecular flexibility index (Phi) is 2.65. The van der Waals surface area contributed by atoms with Gasteiger partial charge in [0.2, 0.25) is 0 Å². The van der Waals surface area contributed by atoms with Crippen LogP contribution in [0.4, 0.5) is 0 Å². The van der Waals surface area contributed by atoms with E-state index in [4.69, 9.17) is 0 Å². The van der Waals surface area contributed by atoms with E-state index in [2.05, 4.69) is 39.6 Å². The van der Waals surface area contributed by atoms with Gasteiger partial charge in [0, 0.05) is 10.8 Å². The van der Waals surface area contributed by atoms with Crippen LogP contribution < -0.4 is 0 Å². The minimum absolute atomic E-state index is 1.00. The normalized spacial score (nSPS) is 11.1. The molecule has 0 aliphatic carbocycles. The number of H-pyrrole nitrogens is 1. The fourth-order valence-electron chi connectivity index (χ4n) is 2.04. The molecule has 86 valence electrons. The van der Waals surface area contributed by atoms with Gasteiger partial charge >= 0.3 is 0 Å². The van der Waals surface area contributed by atoms with Crippen LogP contribution in [0.25, 0.3) is 10.9 Å². The maximum Gasteiger partial charge on any atom is 0.0794 e. The van der Waals surface area contributed by atoms with Crippen molar-refractivity contribution in [3.05, 3.63) is 46.0 Å². The van der Waals surface area contributed by atoms with E-state index in [0.29, 0.717) is 0 Å². The molecule has 3 rings (SSSR count). The second-order valence-corrected chi connectivity index (χ2v) is 4.93. The molecule has 2 aromatic heterocycles. The van der Waals surface area contributed by atoms with Crippen LogP contribution in [0.1, 0.15) is 16.8 Å². The molecular formula is C13H13N3S. The number of thiazole rings is 1. The van der Waals surface area contributed by atoms with Crippen molar-refractivity contribution in [2.75, 3.05) is 0 Å². The number of benzene rings is 1. The van der Waals surface area contributed by atoms with Gasteiger partial charge in [0.25, 0.3) is 0 Å². The number of aryl methyl sites for hydroxylation is 3. The lowest BCUT2D eigenvalue weighted by atomic mass is 10.0. The van der Waals surface area contributed by atoms with Gasteiger partial charge in [-0.1, -0.05) is 0 Å². The maximum absolute atomic E-state index is 4.31. The number of hydrogen-bond acceptors (Lipinski definition) is 3. The Morgan fingerprint density at radius 3 is 3.06 bits per heavy atom. The number of rotatable bonds is 3. The third-order valence-corrected chi connectivity index (χ3v) is 3.67. The highest BCUT2D eigenvalue weighted by atomic mass is 32.1. The molecule has 0 unspecified atom stereocenters. The summed E-state index contributed by atoms with van der Waals surface area (Å²) in [5.41, 5.74) is 6.88. The van der Waals surface area contributed by atoms with Gasteiger partial charge in [0.05, 0.1) is 22.9 Å². The summed E-state index contributed by atoms with van der Waals surface area (Å²) >= 11 is 1.66. The van der Waals surface area contributed by atoms with E-state index in [1.54, 1.807) is 11.3 Å². The first-order chi connectivity index (χ1) is 8.33. The topological polar surface area (TPSA) is 41.6 Å². The molecule has 0 bridgehead atoms. The molecule has 4 heteroatoms. The molecule has 0 spiro atoms. The van der Waals surface area contributed by atoms with Gasteiger partial charge in [0.15, 0.2) is 0 Å². The number of hydrogen-bond donors (Lipinski definition) is 1. The first kappa shape index (κ1) is 10.5. The summed E-state index contributed by atoms with van der Waals surface area (Å²) in [5.74, 6) is 0. The smallest absolute Gasteiger partial charge is 0.0794 e. The lowest BCUT2D eigenvalue weighted by molar-refractivity contribution is 0.919. The standard InChI is InChI=1S/C13H13N3S/c1-9-4-11-6-15-16-13(11)5-10(9)2-3-12-7-17-8-14-12/h4-8H,2-3H2,1H3,(H,15,16). The SMILES string of the molecule is Cc1cc2cn[nH]c2cc1CCc1cscn1. The number of nitrogens with zero attached hydrogens (tertiary/aromatic N) is 2. The van der Waals surface area contributed by atoms with Gasteiger partial charge in [0.1, 0.15) is 0 Å². The summed E-state index contributed by atoms with van der Waals surface area (Å²) in [7, 11) is 0. The number of aromatic amines is 1. The van der Waals surface area contributed by atoms with Crippen LogP contribution >= 0.6 is 11.3 Å². The van der Waals surface area contributed by atoms with Crippen molar-refractivity contribution in [2.45, 2.75) is 19.8 Å². The zero-order valence-corrected chi connectivity index (χ0v) is 10.4. The van der Waals surface area contributed by atoms with E-state index in [0.717, 1.165) is 18.4 Å². The van der Waals surface area contributed by atoms with Crippen LogP contribution in [0.15, 0.2) is 29.2 Å². The summed E-state index contributed by atoms with van der Waals surface area (Å²) in [6, 6.07) is 4.39. The zero-order valence-electron chi connectivity index (χ0n) is 9.60. The third-order valence-electron chi connectivity index (χ3n) is 3.03. The fraction of sp³-hybridized carbons (Fsp3) is 0.231. The molecule has 1 N–H and O–H groups in total. The first-order valence-electron chi connectivity index (χ1n) is 5.62. The molecule has 0 saturated carbocycles. The minimum Gasteiger partial charge on any atom is -0.278 e. The second-order valence-electron chi connectivity index (χ2n) is 4.22. The van der Waals surface area contributed by atoms with Crippen LogP contribution in [0.2, 0.25) is 0 Å². The molecule has 1 aromatic carbocycles. The van der Waals surface area contributed by atoms with E-state index in [9.17, 15) is 0 Å². The van der Waals surface area contributed by atoms with Crippen LogP contribution in [0, 0.1) is 6.92 Å². The Morgan fingerprint density at radius 2 is 2.24 bits per heavy atom. The molecule has 0 radical (unpaired) electrons. The van der Waals surface area contributed by atoms with Crippen molar-refractivity contribution in [2.24, 2.45) is 0 Å². The lowest BCUT2D eigenvalue weighted by Gasteiger charge is -2.04. The summed E-state index contributed by atoms with van der Waals surface area (Å²) in [6.45, 7) is 2.16. The summed E-state index contributed by atoms with van der Waals surface area (Å²) < 4.78 is 0. The Balaban J connectivity index is 1.86. The Bertz CT molecular complexity index is 625. The molecular weight excluding hydrogens is 230 g/mol. The molecule has 17 heavy (non-hydrogen) atoms. The van der Waals surface area contributed by atoms with Crippen molar-refractivity contribution in [3.8, 4) is 0 Å². The minimum atomic E-state index is 1.00. The highest BCUT2D eigenvalue weighted by molar-refractivity contribution is 7.07. The highest BCUT2D eigenvalue weighted by Crippen LogP contribution is 2.19. The highest BCUT2D eigenvalue weighted by Gasteiger charge is 2.04. The van der Waals surface area contributed by atoms with Crippen LogP contribution in [0.3, 0.4) is 0 Å². The van der Waals surface area contributed by atoms with E-state index < -0.39 is 0 Å². The monoisotopic (exact) mass is 243 g/mol. The van der Waals surface area contributed by atoms with E-state index in [1.165, 1.54) is 22.2 Å². The van der Waals surface area contributed by atoms with Crippen molar-refractivity contribution >= 4 is 22.2 Å². The molecule has 0 fully saturated rings. The molecule has 0 aliphatic heterocycles. The molecule has 0 amide bonds. The number of aromatic nitrogens is 3. The summed E-state index contributed by atoms with van der Waals surface area (Å²) in [5, 5.41) is 10.4. The zero-order chi connectivity index (χ0) is 11.7. The van der Waals surface area contributed by atoms with Gasteiger partial charge in [-0.15, -0.1) is 11.3 Å². The number of fused-ring (bicyclic) bond motifs is 1. The van der Waals surface area contributed by atoms with Crippen molar-refractivity contribution in [3.63, 3.8) is 0 Å². The third kappa shape index (κ3) is 2.08. The quantitative estimate of drug-likeness (QED) is 0.768. The Hall–Kier alpha value is -1.68. The predicted molar refractivity (Wildman–Crippen MR) is 70.4 cm³/mol. The van der Waals surface area contributed by atoms with E-state index in [-0.39, 0.29) is 0 Å². The van der Waals surface area contributed by atoms with Gasteiger partial charge in [-0.2, -0.15) is 5.10 Å². The second kappa shape index (κ2) is 4.30. The fourth-order valence-corrected chi connectivity index (χ4v) is 2.64. The van der Waals surface area contributed by atoms with Gasteiger partial charge in [-0.3, -0.25) is 5.10 Å². The molecule has 3 aromatic rings. The molecule has 0 saturated heterocycles. The van der Waals surface area contributed by atoms with Crippen molar-refractivity contribution in [1.82, 2.24) is 15.2 Å². The predicted octanol–water partition coefficient (Wildman–Crippen LogP) is 3.11. The van der Waals surface area contributed by atoms with E-state index in [1.807, 2.05) is 11.7 Å². The number of nitrogens with one attached hydrogen (secondary N) is 1. The summed E-state index contributed by atoms with van der Waals surface area (Å²) in [4.78, 5) is 4.31. The van der Waals surface area contributed by atoms with E-state index >= 15 is 0 Å². The van der Waals surface area contributed by atoms with Gasteiger partial charge < -0.3 is 0 Å². The average molecular weight is 243 g/mol. The largest absolute Gasteiger partial charge is 0.278 e. The maximum atomic E-state index is 4.31. The first-order valence-corrected chi connectivity index (χ1v) is 6.57. The average Bonchev–Trinajstić information content (AvgIpc) is 2.95. The Morgan fingerprint density at radius 1 is 1.29 bits per heavy atom. The Labute approximate surface area is 104 Å². The van der Waals surface area contributed by atoms with Crippen molar-refractivity contribution < 1.29 is 0 Å². The molecule has 0 aliphatic rings. The molecule has 0 atom stereocenters. The van der Waals surface area contributed by atoms with Gasteiger partial charge in [-0.25, -0.2) is 4.98 Å². The van der Waals surface area contributed by atoms with Crippen molar-refractivity contribution in [1.29, 1.82) is 0 Å². The van der Waals surface area contributed by atoms with Gasteiger partial charge in [-0.05, 0) is 43.0 Å². The van der Waals surface area contributed by atoms with Crippen LogP contribution in [-0.2, 0) is 12.8 Å². The van der Waals surface area contributed by atoms with Crippen LogP contribution in [0.5, 0.6) is 0 Å². The summed E-state index contributed by atoms with van der Waals surface area (Å²) in [6.07, 6.45) is 3.90. The van der Waals surface area contributed by atoms with Crippen LogP contribution in [-0.4, -0.2) is 15.2 Å². The lowest BCUT2D eigenvalue weighted by Crippen LogP contribution is -1.94.